The Hall–Kier alpha value is -1.22. The molecule has 0 amide bonds. The van der Waals surface area contributed by atoms with E-state index in [-0.39, 0.29) is 18.0 Å². The number of hydrogen-bond donors (Lipinski definition) is 1. The standard InChI is InChI=1S/C10H11FO2/c1-7(12)10(13)6-8-3-2-4-9(11)5-8/h2-5,7,12H,6H2,1H3. The lowest BCUT2D eigenvalue weighted by molar-refractivity contribution is -0.125. The second kappa shape index (κ2) is 4.14. The van der Waals surface area contributed by atoms with E-state index in [0.29, 0.717) is 5.56 Å². The van der Waals surface area contributed by atoms with Crippen molar-refractivity contribution in [2.24, 2.45) is 0 Å². The fourth-order valence-corrected chi connectivity index (χ4v) is 0.996. The summed E-state index contributed by atoms with van der Waals surface area (Å²) in [4.78, 5) is 11.1. The third-order valence-electron chi connectivity index (χ3n) is 1.73. The normalized spacial score (nSPS) is 12.5. The Kier molecular flexibility index (Phi) is 3.14. The highest BCUT2D eigenvalue weighted by molar-refractivity contribution is 5.84. The molecule has 1 aromatic carbocycles. The van der Waals surface area contributed by atoms with Gasteiger partial charge in [0, 0.05) is 6.42 Å². The van der Waals surface area contributed by atoms with Crippen LogP contribution in [0.5, 0.6) is 0 Å². The molecule has 70 valence electrons. The van der Waals surface area contributed by atoms with Gasteiger partial charge in [0.15, 0.2) is 5.78 Å². The molecule has 2 nitrogen and oxygen atoms in total. The number of benzene rings is 1. The molecule has 0 spiro atoms. The number of ketones is 1. The average Bonchev–Trinajstić information content (AvgIpc) is 2.04. The van der Waals surface area contributed by atoms with Crippen molar-refractivity contribution in [3.05, 3.63) is 35.6 Å². The van der Waals surface area contributed by atoms with Crippen LogP contribution < -0.4 is 0 Å². The van der Waals surface area contributed by atoms with Crippen LogP contribution in [0, 0.1) is 5.82 Å². The van der Waals surface area contributed by atoms with E-state index in [1.807, 2.05) is 0 Å². The van der Waals surface area contributed by atoms with Gasteiger partial charge in [0.2, 0.25) is 0 Å². The lowest BCUT2D eigenvalue weighted by Crippen LogP contribution is -2.18. The summed E-state index contributed by atoms with van der Waals surface area (Å²) in [6.07, 6.45) is -0.904. The quantitative estimate of drug-likeness (QED) is 0.765. The number of halogens is 1. The van der Waals surface area contributed by atoms with E-state index in [4.69, 9.17) is 5.11 Å². The second-order valence-electron chi connectivity index (χ2n) is 2.95. The Balaban J connectivity index is 2.69. The van der Waals surface area contributed by atoms with E-state index in [9.17, 15) is 9.18 Å². The fourth-order valence-electron chi connectivity index (χ4n) is 0.996. The molecule has 0 aliphatic heterocycles. The monoisotopic (exact) mass is 182 g/mol. The Labute approximate surface area is 76.0 Å². The molecule has 1 N–H and O–H groups in total. The molecule has 0 heterocycles. The van der Waals surface area contributed by atoms with Crippen molar-refractivity contribution in [3.63, 3.8) is 0 Å². The van der Waals surface area contributed by atoms with Crippen LogP contribution in [0.25, 0.3) is 0 Å². The van der Waals surface area contributed by atoms with Crippen molar-refractivity contribution >= 4 is 5.78 Å². The zero-order valence-corrected chi connectivity index (χ0v) is 7.33. The van der Waals surface area contributed by atoms with Crippen LogP contribution in [0.4, 0.5) is 4.39 Å². The van der Waals surface area contributed by atoms with Crippen molar-refractivity contribution in [2.45, 2.75) is 19.4 Å². The van der Waals surface area contributed by atoms with Gasteiger partial charge in [-0.2, -0.15) is 0 Å². The summed E-state index contributed by atoms with van der Waals surface area (Å²) in [5.41, 5.74) is 0.589. The maximum absolute atomic E-state index is 12.6. The molecule has 0 saturated heterocycles. The average molecular weight is 182 g/mol. The maximum Gasteiger partial charge on any atom is 0.165 e. The maximum atomic E-state index is 12.6. The molecule has 1 aromatic rings. The number of hydrogen-bond acceptors (Lipinski definition) is 2. The molecule has 0 aromatic heterocycles. The Morgan fingerprint density at radius 3 is 2.85 bits per heavy atom. The minimum absolute atomic E-state index is 0.0788. The van der Waals surface area contributed by atoms with Crippen molar-refractivity contribution in [1.29, 1.82) is 0 Å². The molecule has 3 heteroatoms. The largest absolute Gasteiger partial charge is 0.386 e. The van der Waals surface area contributed by atoms with Crippen molar-refractivity contribution in [2.75, 3.05) is 0 Å². The van der Waals surface area contributed by atoms with Crippen LogP contribution in [-0.4, -0.2) is 17.0 Å². The topological polar surface area (TPSA) is 37.3 Å². The summed E-state index contributed by atoms with van der Waals surface area (Å²) < 4.78 is 12.6. The molecule has 1 atom stereocenters. The number of carbonyl (C=O) groups is 1. The molecule has 0 bridgehead atoms. The molecular formula is C10H11FO2. The third-order valence-corrected chi connectivity index (χ3v) is 1.73. The van der Waals surface area contributed by atoms with Gasteiger partial charge in [-0.3, -0.25) is 4.79 Å². The zero-order chi connectivity index (χ0) is 9.84. The summed E-state index contributed by atoms with van der Waals surface area (Å²) >= 11 is 0. The summed E-state index contributed by atoms with van der Waals surface area (Å²) in [6.45, 7) is 1.40. The first-order valence-corrected chi connectivity index (χ1v) is 4.05. The highest BCUT2D eigenvalue weighted by Crippen LogP contribution is 2.05. The minimum atomic E-state index is -0.983. The summed E-state index contributed by atoms with van der Waals surface area (Å²) in [5.74, 6) is -0.665. The first-order chi connectivity index (χ1) is 6.09. The molecule has 0 aliphatic rings. The summed E-state index contributed by atoms with van der Waals surface area (Å²) in [7, 11) is 0. The molecular weight excluding hydrogens is 171 g/mol. The SMILES string of the molecule is CC(O)C(=O)Cc1cccc(F)c1. The first kappa shape index (κ1) is 9.86. The highest BCUT2D eigenvalue weighted by atomic mass is 19.1. The lowest BCUT2D eigenvalue weighted by atomic mass is 10.1. The molecule has 0 radical (unpaired) electrons. The summed E-state index contributed by atoms with van der Waals surface area (Å²) in [6, 6.07) is 5.81. The number of Topliss-reactive ketones (excluding diaryl/α,β-unsaturated/α-hetero) is 1. The van der Waals surface area contributed by atoms with Crippen LogP contribution in [-0.2, 0) is 11.2 Å². The number of carbonyl (C=O) groups excluding carboxylic acids is 1. The van der Waals surface area contributed by atoms with Gasteiger partial charge in [-0.1, -0.05) is 12.1 Å². The van der Waals surface area contributed by atoms with E-state index in [1.165, 1.54) is 19.1 Å². The van der Waals surface area contributed by atoms with Gasteiger partial charge in [-0.15, -0.1) is 0 Å². The predicted octanol–water partition coefficient (Wildman–Crippen LogP) is 1.32. The Morgan fingerprint density at radius 2 is 2.31 bits per heavy atom. The van der Waals surface area contributed by atoms with E-state index in [0.717, 1.165) is 0 Å². The van der Waals surface area contributed by atoms with Crippen LogP contribution in [0.1, 0.15) is 12.5 Å². The molecule has 1 unspecified atom stereocenters. The number of aliphatic hydroxyl groups excluding tert-OH is 1. The summed E-state index contributed by atoms with van der Waals surface area (Å²) in [5, 5.41) is 8.91. The molecule has 0 aliphatic carbocycles. The number of rotatable bonds is 3. The molecule has 13 heavy (non-hydrogen) atoms. The highest BCUT2D eigenvalue weighted by Gasteiger charge is 2.09. The molecule has 0 fully saturated rings. The third kappa shape index (κ3) is 2.95. The van der Waals surface area contributed by atoms with E-state index < -0.39 is 6.10 Å². The lowest BCUT2D eigenvalue weighted by Gasteiger charge is -2.02. The zero-order valence-electron chi connectivity index (χ0n) is 7.33. The van der Waals surface area contributed by atoms with Crippen LogP contribution >= 0.6 is 0 Å². The van der Waals surface area contributed by atoms with Gasteiger partial charge in [-0.25, -0.2) is 4.39 Å². The molecule has 0 saturated carbocycles. The van der Waals surface area contributed by atoms with Gasteiger partial charge >= 0.3 is 0 Å². The van der Waals surface area contributed by atoms with E-state index >= 15 is 0 Å². The Bertz CT molecular complexity index is 308. The molecule has 1 rings (SSSR count). The smallest absolute Gasteiger partial charge is 0.165 e. The second-order valence-corrected chi connectivity index (χ2v) is 2.95. The predicted molar refractivity (Wildman–Crippen MR) is 46.8 cm³/mol. The number of aliphatic hydroxyl groups is 1. The van der Waals surface area contributed by atoms with Crippen molar-refractivity contribution < 1.29 is 14.3 Å². The van der Waals surface area contributed by atoms with E-state index in [2.05, 4.69) is 0 Å². The van der Waals surface area contributed by atoms with Gasteiger partial charge < -0.3 is 5.11 Å². The van der Waals surface area contributed by atoms with Crippen molar-refractivity contribution in [1.82, 2.24) is 0 Å². The van der Waals surface area contributed by atoms with Gasteiger partial charge in [0.05, 0.1) is 0 Å². The van der Waals surface area contributed by atoms with Gasteiger partial charge in [0.25, 0.3) is 0 Å². The van der Waals surface area contributed by atoms with Gasteiger partial charge in [0.1, 0.15) is 11.9 Å². The van der Waals surface area contributed by atoms with E-state index in [1.54, 1.807) is 12.1 Å². The Morgan fingerprint density at radius 1 is 1.62 bits per heavy atom. The fraction of sp³-hybridized carbons (Fsp3) is 0.300. The first-order valence-electron chi connectivity index (χ1n) is 4.05. The minimum Gasteiger partial charge on any atom is -0.386 e. The van der Waals surface area contributed by atoms with Gasteiger partial charge in [-0.05, 0) is 24.6 Å². The van der Waals surface area contributed by atoms with Crippen LogP contribution in [0.3, 0.4) is 0 Å². The van der Waals surface area contributed by atoms with Crippen LogP contribution in [0.15, 0.2) is 24.3 Å². The van der Waals surface area contributed by atoms with Crippen molar-refractivity contribution in [3.8, 4) is 0 Å². The van der Waals surface area contributed by atoms with Crippen LogP contribution in [0.2, 0.25) is 0 Å².